The van der Waals surface area contributed by atoms with Crippen LogP contribution in [-0.4, -0.2) is 4.98 Å². The molecule has 1 aromatic heterocycles. The Morgan fingerprint density at radius 2 is 1.90 bits per heavy atom. The number of benzene rings is 1. The van der Waals surface area contributed by atoms with Crippen molar-refractivity contribution in [2.24, 2.45) is 0 Å². The zero-order valence-electron chi connectivity index (χ0n) is 10.4. The van der Waals surface area contributed by atoms with Crippen LogP contribution >= 0.6 is 11.6 Å². The molecule has 0 bridgehead atoms. The Morgan fingerprint density at radius 3 is 2.55 bits per heavy atom. The number of alkyl halides is 3. The number of hydrogen-bond donors (Lipinski definition) is 2. The molecule has 0 amide bonds. The Kier molecular flexibility index (Phi) is 3.76. The number of rotatable bonds is 2. The van der Waals surface area contributed by atoms with E-state index in [4.69, 9.17) is 17.3 Å². The van der Waals surface area contributed by atoms with Crippen molar-refractivity contribution in [1.29, 1.82) is 0 Å². The van der Waals surface area contributed by atoms with E-state index in [1.807, 2.05) is 0 Å². The highest BCUT2D eigenvalue weighted by atomic mass is 35.5. The lowest BCUT2D eigenvalue weighted by Crippen LogP contribution is -2.06. The maximum Gasteiger partial charge on any atom is 0.416 e. The van der Waals surface area contributed by atoms with Crippen molar-refractivity contribution in [3.8, 4) is 0 Å². The van der Waals surface area contributed by atoms with Crippen LogP contribution in [0, 0.1) is 6.92 Å². The van der Waals surface area contributed by atoms with E-state index in [0.29, 0.717) is 17.2 Å². The van der Waals surface area contributed by atoms with Crippen molar-refractivity contribution in [3.63, 3.8) is 0 Å². The highest BCUT2D eigenvalue weighted by molar-refractivity contribution is 6.31. The van der Waals surface area contributed by atoms with Crippen molar-refractivity contribution < 1.29 is 13.2 Å². The van der Waals surface area contributed by atoms with Crippen molar-refractivity contribution in [3.05, 3.63) is 46.6 Å². The summed E-state index contributed by atoms with van der Waals surface area (Å²) in [6.45, 7) is 1.75. The molecule has 2 aromatic rings. The summed E-state index contributed by atoms with van der Waals surface area (Å²) < 4.78 is 38.1. The van der Waals surface area contributed by atoms with Gasteiger partial charge in [-0.3, -0.25) is 0 Å². The first kappa shape index (κ1) is 14.5. The molecule has 0 aliphatic heterocycles. The number of anilines is 3. The molecule has 3 nitrogen and oxygen atoms in total. The molecule has 0 fully saturated rings. The minimum atomic E-state index is -4.47. The third-order valence-electron chi connectivity index (χ3n) is 2.55. The van der Waals surface area contributed by atoms with Crippen molar-refractivity contribution in [2.75, 3.05) is 11.1 Å². The monoisotopic (exact) mass is 301 g/mol. The lowest BCUT2D eigenvalue weighted by atomic mass is 10.2. The highest BCUT2D eigenvalue weighted by Gasteiger charge is 2.31. The molecule has 106 valence electrons. The van der Waals surface area contributed by atoms with Crippen LogP contribution in [0.15, 0.2) is 30.3 Å². The Hall–Kier alpha value is -1.95. The van der Waals surface area contributed by atoms with Gasteiger partial charge in [-0.15, -0.1) is 0 Å². The van der Waals surface area contributed by atoms with Crippen LogP contribution < -0.4 is 11.1 Å². The Balaban J connectivity index is 2.39. The van der Waals surface area contributed by atoms with E-state index in [0.717, 1.165) is 12.1 Å². The van der Waals surface area contributed by atoms with E-state index in [1.165, 1.54) is 6.07 Å². The molecule has 0 aliphatic carbocycles. The largest absolute Gasteiger partial charge is 0.416 e. The van der Waals surface area contributed by atoms with Crippen LogP contribution in [0.5, 0.6) is 0 Å². The number of aryl methyl sites for hydroxylation is 1. The molecule has 3 N–H and O–H groups in total. The third kappa shape index (κ3) is 3.33. The van der Waals surface area contributed by atoms with Crippen LogP contribution in [-0.2, 0) is 6.18 Å². The molecule has 0 saturated carbocycles. The van der Waals surface area contributed by atoms with E-state index in [2.05, 4.69) is 10.3 Å². The molecule has 0 unspecified atom stereocenters. The molecule has 20 heavy (non-hydrogen) atoms. The van der Waals surface area contributed by atoms with E-state index in [-0.39, 0.29) is 10.7 Å². The van der Waals surface area contributed by atoms with Crippen LogP contribution in [0.1, 0.15) is 11.3 Å². The van der Waals surface area contributed by atoms with E-state index < -0.39 is 11.7 Å². The van der Waals surface area contributed by atoms with Crippen LogP contribution in [0.25, 0.3) is 0 Å². The lowest BCUT2D eigenvalue weighted by molar-refractivity contribution is -0.137. The second kappa shape index (κ2) is 5.20. The average Bonchev–Trinajstić information content (AvgIpc) is 2.32. The first-order valence-corrected chi connectivity index (χ1v) is 6.01. The van der Waals surface area contributed by atoms with Crippen LogP contribution in [0.4, 0.5) is 30.4 Å². The summed E-state index contributed by atoms with van der Waals surface area (Å²) >= 11 is 5.70. The molecule has 0 saturated heterocycles. The topological polar surface area (TPSA) is 50.9 Å². The summed E-state index contributed by atoms with van der Waals surface area (Å²) in [5.41, 5.74) is 6.09. The van der Waals surface area contributed by atoms with Crippen LogP contribution in [0.3, 0.4) is 0 Å². The van der Waals surface area contributed by atoms with E-state index in [9.17, 15) is 13.2 Å². The summed E-state index contributed by atoms with van der Waals surface area (Å²) in [6, 6.07) is 6.52. The second-order valence-electron chi connectivity index (χ2n) is 4.24. The maximum absolute atomic E-state index is 12.7. The number of nitrogens with two attached hydrogens (primary N) is 1. The van der Waals surface area contributed by atoms with Crippen molar-refractivity contribution >= 4 is 28.8 Å². The molecular weight excluding hydrogens is 291 g/mol. The standard InChI is InChI=1S/C13H11ClF3N3/c1-7-2-3-11(18)12(19-7)20-10-5-8(13(15,16)17)4-9(14)6-10/h2-6H,18H2,1H3,(H,19,20). The predicted molar refractivity (Wildman–Crippen MR) is 73.1 cm³/mol. The summed E-state index contributed by atoms with van der Waals surface area (Å²) in [6.07, 6.45) is -4.47. The average molecular weight is 302 g/mol. The van der Waals surface area contributed by atoms with Gasteiger partial charge in [-0.2, -0.15) is 13.2 Å². The number of aromatic nitrogens is 1. The predicted octanol–water partition coefficient (Wildman–Crippen LogP) is 4.39. The smallest absolute Gasteiger partial charge is 0.396 e. The number of nitrogen functional groups attached to an aromatic ring is 1. The second-order valence-corrected chi connectivity index (χ2v) is 4.68. The van der Waals surface area contributed by atoms with E-state index >= 15 is 0 Å². The molecule has 7 heteroatoms. The highest BCUT2D eigenvalue weighted by Crippen LogP contribution is 2.34. The van der Waals surface area contributed by atoms with Gasteiger partial charge in [0, 0.05) is 16.4 Å². The number of hydrogen-bond acceptors (Lipinski definition) is 3. The minimum absolute atomic E-state index is 0.0199. The van der Waals surface area contributed by atoms with Gasteiger partial charge in [0.25, 0.3) is 0 Å². The van der Waals surface area contributed by atoms with Gasteiger partial charge in [-0.05, 0) is 37.3 Å². The molecule has 0 aliphatic rings. The zero-order valence-corrected chi connectivity index (χ0v) is 11.2. The fraction of sp³-hybridized carbons (Fsp3) is 0.154. The molecule has 1 heterocycles. The normalized spacial score (nSPS) is 11.4. The molecular formula is C13H11ClF3N3. The van der Waals surface area contributed by atoms with Gasteiger partial charge in [0.05, 0.1) is 11.3 Å². The van der Waals surface area contributed by atoms with Crippen molar-refractivity contribution in [1.82, 2.24) is 4.98 Å². The van der Waals surface area contributed by atoms with Gasteiger partial charge >= 0.3 is 6.18 Å². The minimum Gasteiger partial charge on any atom is -0.396 e. The summed E-state index contributed by atoms with van der Waals surface area (Å²) in [7, 11) is 0. The SMILES string of the molecule is Cc1ccc(N)c(Nc2cc(Cl)cc(C(F)(F)F)c2)n1. The molecule has 2 rings (SSSR count). The van der Waals surface area contributed by atoms with E-state index in [1.54, 1.807) is 19.1 Å². The maximum atomic E-state index is 12.7. The molecule has 1 aromatic carbocycles. The fourth-order valence-electron chi connectivity index (χ4n) is 1.63. The Morgan fingerprint density at radius 1 is 1.20 bits per heavy atom. The summed E-state index contributed by atoms with van der Waals surface area (Å²) in [4.78, 5) is 4.13. The van der Waals surface area contributed by atoms with Gasteiger partial charge in [-0.1, -0.05) is 11.6 Å². The fourth-order valence-corrected chi connectivity index (χ4v) is 1.86. The quantitative estimate of drug-likeness (QED) is 0.865. The summed E-state index contributed by atoms with van der Waals surface area (Å²) in [5, 5.41) is 2.73. The van der Waals surface area contributed by atoms with Gasteiger partial charge < -0.3 is 11.1 Å². The van der Waals surface area contributed by atoms with Gasteiger partial charge in [0.1, 0.15) is 0 Å². The molecule has 0 spiro atoms. The van der Waals surface area contributed by atoms with Crippen LogP contribution in [0.2, 0.25) is 5.02 Å². The van der Waals surface area contributed by atoms with Gasteiger partial charge in [0.15, 0.2) is 5.82 Å². The summed E-state index contributed by atoms with van der Waals surface area (Å²) in [5.74, 6) is 0.292. The van der Waals surface area contributed by atoms with Gasteiger partial charge in [-0.25, -0.2) is 4.98 Å². The first-order valence-electron chi connectivity index (χ1n) is 5.63. The number of nitrogens with zero attached hydrogens (tertiary/aromatic N) is 1. The first-order chi connectivity index (χ1) is 9.25. The number of pyridine rings is 1. The van der Waals surface area contributed by atoms with Crippen molar-refractivity contribution in [2.45, 2.75) is 13.1 Å². The third-order valence-corrected chi connectivity index (χ3v) is 2.77. The number of nitrogens with one attached hydrogen (secondary N) is 1. The lowest BCUT2D eigenvalue weighted by Gasteiger charge is -2.12. The van der Waals surface area contributed by atoms with Gasteiger partial charge in [0.2, 0.25) is 0 Å². The molecule has 0 radical (unpaired) electrons. The Bertz CT molecular complexity index is 641. The molecule has 0 atom stereocenters. The number of halogens is 4. The Labute approximate surface area is 118 Å². The zero-order chi connectivity index (χ0) is 14.9.